The average Bonchev–Trinajstić information content (AvgIpc) is 2.88. The quantitative estimate of drug-likeness (QED) is 0.926. The maximum Gasteiger partial charge on any atom is 0.0991 e. The summed E-state index contributed by atoms with van der Waals surface area (Å²) in [5, 5.41) is 12.9. The van der Waals surface area contributed by atoms with Crippen LogP contribution in [0.4, 0.5) is 0 Å². The van der Waals surface area contributed by atoms with Gasteiger partial charge in [-0.05, 0) is 43.9 Å². The lowest BCUT2D eigenvalue weighted by Crippen LogP contribution is -2.71. The fourth-order valence-corrected chi connectivity index (χ4v) is 4.74. The second-order valence-corrected chi connectivity index (χ2v) is 6.93. The minimum Gasteiger partial charge on any atom is -0.377 e. The molecule has 2 aliphatic carbocycles. The van der Waals surface area contributed by atoms with Crippen molar-refractivity contribution in [3.8, 4) is 6.07 Å². The van der Waals surface area contributed by atoms with E-state index in [1.165, 1.54) is 31.2 Å². The van der Waals surface area contributed by atoms with Gasteiger partial charge in [-0.2, -0.15) is 5.26 Å². The Morgan fingerprint density at radius 2 is 2.29 bits per heavy atom. The van der Waals surface area contributed by atoms with E-state index >= 15 is 0 Å². The minimum atomic E-state index is 0.294. The van der Waals surface area contributed by atoms with Gasteiger partial charge in [-0.25, -0.2) is 0 Å². The van der Waals surface area contributed by atoms with E-state index in [1.807, 2.05) is 18.2 Å². The molecule has 0 aromatic heterocycles. The fourth-order valence-electron chi connectivity index (χ4n) is 4.74. The highest BCUT2D eigenvalue weighted by Gasteiger charge is 2.66. The normalized spacial score (nSPS) is 33.6. The SMILES string of the molecule is CC(NC1C2CCOC2C12CCC2)c1cccc(C#N)c1. The van der Waals surface area contributed by atoms with Crippen LogP contribution in [-0.2, 0) is 4.74 Å². The van der Waals surface area contributed by atoms with Gasteiger partial charge in [-0.15, -0.1) is 0 Å². The van der Waals surface area contributed by atoms with Crippen molar-refractivity contribution >= 4 is 0 Å². The van der Waals surface area contributed by atoms with Crippen molar-refractivity contribution in [3.63, 3.8) is 0 Å². The van der Waals surface area contributed by atoms with Crippen molar-refractivity contribution in [2.75, 3.05) is 6.61 Å². The Labute approximate surface area is 126 Å². The molecule has 2 saturated carbocycles. The molecule has 4 unspecified atom stereocenters. The molecule has 0 radical (unpaired) electrons. The number of hydrogen-bond donors (Lipinski definition) is 1. The molecule has 1 heterocycles. The first kappa shape index (κ1) is 13.3. The Bertz CT molecular complexity index is 587. The number of nitriles is 1. The number of nitrogens with one attached hydrogen (secondary N) is 1. The summed E-state index contributed by atoms with van der Waals surface area (Å²) in [6.45, 7) is 3.15. The third-order valence-electron chi connectivity index (χ3n) is 5.98. The number of hydrogen-bond acceptors (Lipinski definition) is 3. The Kier molecular flexibility index (Phi) is 3.06. The van der Waals surface area contributed by atoms with E-state index in [1.54, 1.807) is 0 Å². The average molecular weight is 282 g/mol. The molecule has 0 bridgehead atoms. The van der Waals surface area contributed by atoms with E-state index in [4.69, 9.17) is 10.00 Å². The Morgan fingerprint density at radius 1 is 1.43 bits per heavy atom. The Morgan fingerprint density at radius 3 is 3.00 bits per heavy atom. The van der Waals surface area contributed by atoms with Gasteiger partial charge in [0.05, 0.1) is 17.7 Å². The first-order chi connectivity index (χ1) is 10.2. The molecule has 3 nitrogen and oxygen atoms in total. The van der Waals surface area contributed by atoms with Gasteiger partial charge < -0.3 is 10.1 Å². The molecule has 1 aromatic carbocycles. The van der Waals surface area contributed by atoms with Crippen LogP contribution in [0.5, 0.6) is 0 Å². The lowest BCUT2D eigenvalue weighted by atomic mass is 9.46. The zero-order valence-electron chi connectivity index (χ0n) is 12.5. The molecule has 1 saturated heterocycles. The van der Waals surface area contributed by atoms with Crippen LogP contribution in [0.3, 0.4) is 0 Å². The lowest BCUT2D eigenvalue weighted by Gasteiger charge is -2.64. The molecular weight excluding hydrogens is 260 g/mol. The molecule has 1 spiro atoms. The van der Waals surface area contributed by atoms with Crippen LogP contribution in [0.15, 0.2) is 24.3 Å². The highest BCUT2D eigenvalue weighted by atomic mass is 16.5. The molecule has 1 aromatic rings. The van der Waals surface area contributed by atoms with Crippen LogP contribution in [0.25, 0.3) is 0 Å². The smallest absolute Gasteiger partial charge is 0.0991 e. The lowest BCUT2D eigenvalue weighted by molar-refractivity contribution is -0.178. The topological polar surface area (TPSA) is 45.0 Å². The summed E-state index contributed by atoms with van der Waals surface area (Å²) >= 11 is 0. The van der Waals surface area contributed by atoms with Gasteiger partial charge in [0.15, 0.2) is 0 Å². The van der Waals surface area contributed by atoms with Gasteiger partial charge in [-0.3, -0.25) is 0 Å². The minimum absolute atomic E-state index is 0.294. The summed E-state index contributed by atoms with van der Waals surface area (Å²) in [4.78, 5) is 0. The maximum absolute atomic E-state index is 9.05. The van der Waals surface area contributed by atoms with Crippen LogP contribution in [-0.4, -0.2) is 18.8 Å². The number of ether oxygens (including phenoxy) is 1. The maximum atomic E-state index is 9.05. The van der Waals surface area contributed by atoms with Crippen LogP contribution in [0, 0.1) is 22.7 Å². The number of nitrogens with zero attached hydrogens (tertiary/aromatic N) is 1. The predicted molar refractivity (Wildman–Crippen MR) is 80.6 cm³/mol. The zero-order chi connectivity index (χ0) is 14.4. The first-order valence-electron chi connectivity index (χ1n) is 8.12. The molecule has 3 heteroatoms. The molecule has 0 amide bonds. The van der Waals surface area contributed by atoms with E-state index in [2.05, 4.69) is 24.4 Å². The van der Waals surface area contributed by atoms with Gasteiger partial charge in [0.2, 0.25) is 0 Å². The van der Waals surface area contributed by atoms with Crippen LogP contribution in [0.1, 0.15) is 49.8 Å². The largest absolute Gasteiger partial charge is 0.377 e. The summed E-state index contributed by atoms with van der Waals surface area (Å²) in [5.74, 6) is 0.701. The summed E-state index contributed by atoms with van der Waals surface area (Å²) in [5.41, 5.74) is 2.38. The van der Waals surface area contributed by atoms with E-state index in [9.17, 15) is 0 Å². The molecular formula is C18H22N2O. The van der Waals surface area contributed by atoms with Crippen LogP contribution in [0.2, 0.25) is 0 Å². The van der Waals surface area contributed by atoms with Crippen molar-refractivity contribution < 1.29 is 4.74 Å². The molecule has 4 rings (SSSR count). The summed E-state index contributed by atoms with van der Waals surface area (Å²) < 4.78 is 5.98. The molecule has 3 fully saturated rings. The van der Waals surface area contributed by atoms with Gasteiger partial charge in [-0.1, -0.05) is 18.6 Å². The fraction of sp³-hybridized carbons (Fsp3) is 0.611. The van der Waals surface area contributed by atoms with Crippen molar-refractivity contribution in [2.45, 2.75) is 50.8 Å². The number of rotatable bonds is 3. The first-order valence-corrected chi connectivity index (χ1v) is 8.12. The summed E-state index contributed by atoms with van der Waals surface area (Å²) in [6.07, 6.45) is 5.70. The molecule has 4 atom stereocenters. The Hall–Kier alpha value is -1.37. The standard InChI is InChI=1S/C18H22N2O/c1-12(14-5-2-4-13(10-14)11-19)20-16-15-6-9-21-17(15)18(16)7-3-8-18/h2,4-5,10,12,15-17,20H,3,6-9H2,1H3. The van der Waals surface area contributed by atoms with E-state index in [0.29, 0.717) is 29.5 Å². The Balaban J connectivity index is 1.51. The number of fused-ring (bicyclic) bond motifs is 2. The molecule has 1 aliphatic heterocycles. The van der Waals surface area contributed by atoms with Crippen LogP contribution < -0.4 is 5.32 Å². The molecule has 110 valence electrons. The molecule has 21 heavy (non-hydrogen) atoms. The predicted octanol–water partition coefficient (Wildman–Crippen LogP) is 3.17. The summed E-state index contributed by atoms with van der Waals surface area (Å²) in [6, 6.07) is 11.1. The molecule has 3 aliphatic rings. The van der Waals surface area contributed by atoms with Gasteiger partial charge in [0, 0.05) is 30.0 Å². The third kappa shape index (κ3) is 1.86. The summed E-state index contributed by atoms with van der Waals surface area (Å²) in [7, 11) is 0. The van der Waals surface area contributed by atoms with Gasteiger partial charge in [0.1, 0.15) is 0 Å². The van der Waals surface area contributed by atoms with Crippen molar-refractivity contribution in [2.24, 2.45) is 11.3 Å². The third-order valence-corrected chi connectivity index (χ3v) is 5.98. The van der Waals surface area contributed by atoms with Crippen molar-refractivity contribution in [1.82, 2.24) is 5.32 Å². The highest BCUT2D eigenvalue weighted by molar-refractivity contribution is 5.34. The van der Waals surface area contributed by atoms with Crippen LogP contribution >= 0.6 is 0 Å². The van der Waals surface area contributed by atoms with Crippen molar-refractivity contribution in [3.05, 3.63) is 35.4 Å². The monoisotopic (exact) mass is 282 g/mol. The van der Waals surface area contributed by atoms with E-state index in [-0.39, 0.29) is 0 Å². The van der Waals surface area contributed by atoms with Gasteiger partial charge >= 0.3 is 0 Å². The highest BCUT2D eigenvalue weighted by Crippen LogP contribution is 2.63. The van der Waals surface area contributed by atoms with E-state index < -0.39 is 0 Å². The van der Waals surface area contributed by atoms with E-state index in [0.717, 1.165) is 12.2 Å². The second-order valence-electron chi connectivity index (χ2n) is 6.93. The zero-order valence-corrected chi connectivity index (χ0v) is 12.5. The van der Waals surface area contributed by atoms with Gasteiger partial charge in [0.25, 0.3) is 0 Å². The number of benzene rings is 1. The molecule has 1 N–H and O–H groups in total. The second kappa shape index (κ2) is 4.83. The van der Waals surface area contributed by atoms with Crippen molar-refractivity contribution in [1.29, 1.82) is 5.26 Å².